The van der Waals surface area contributed by atoms with E-state index in [1.54, 1.807) is 6.07 Å². The third kappa shape index (κ3) is 4.11. The van der Waals surface area contributed by atoms with Crippen molar-refractivity contribution in [3.63, 3.8) is 0 Å². The molecule has 0 aliphatic carbocycles. The maximum absolute atomic E-state index is 12.0. The summed E-state index contributed by atoms with van der Waals surface area (Å²) >= 11 is 12.3. The summed E-state index contributed by atoms with van der Waals surface area (Å²) in [6, 6.07) is 3.60. The molecule has 0 bridgehead atoms. The van der Waals surface area contributed by atoms with Crippen molar-refractivity contribution in [2.24, 2.45) is 5.92 Å². The Bertz CT molecular complexity index is 485. The molecule has 1 amide bonds. The molecule has 5 heteroatoms. The molecule has 1 aromatic carbocycles. The van der Waals surface area contributed by atoms with E-state index < -0.39 is 0 Å². The molecule has 1 aliphatic rings. The summed E-state index contributed by atoms with van der Waals surface area (Å²) in [6.45, 7) is 4.01. The molecule has 1 aliphatic heterocycles. The van der Waals surface area contributed by atoms with Crippen LogP contribution in [0.15, 0.2) is 12.1 Å². The van der Waals surface area contributed by atoms with Crippen molar-refractivity contribution in [1.82, 2.24) is 5.32 Å². The van der Waals surface area contributed by atoms with Crippen LogP contribution < -0.4 is 10.6 Å². The Labute approximate surface area is 130 Å². The highest BCUT2D eigenvalue weighted by Crippen LogP contribution is 2.33. The third-order valence-corrected chi connectivity index (χ3v) is 4.59. The minimum atomic E-state index is -0.0158. The average Bonchev–Trinajstić information content (AvgIpc) is 2.46. The van der Waals surface area contributed by atoms with Crippen molar-refractivity contribution in [2.75, 3.05) is 18.4 Å². The maximum atomic E-state index is 12.0. The fourth-order valence-electron chi connectivity index (χ4n) is 2.48. The van der Waals surface area contributed by atoms with E-state index >= 15 is 0 Å². The fourth-order valence-corrected chi connectivity index (χ4v) is 2.94. The van der Waals surface area contributed by atoms with Gasteiger partial charge in [0.25, 0.3) is 0 Å². The lowest BCUT2D eigenvalue weighted by molar-refractivity contribution is -0.116. The average molecular weight is 315 g/mol. The highest BCUT2D eigenvalue weighted by atomic mass is 35.5. The van der Waals surface area contributed by atoms with E-state index in [1.807, 2.05) is 13.0 Å². The molecular formula is C15H20Cl2N2O. The van der Waals surface area contributed by atoms with Gasteiger partial charge in [0.1, 0.15) is 0 Å². The predicted octanol–water partition coefficient (Wildman–Crippen LogP) is 4.02. The molecule has 0 unspecified atom stereocenters. The van der Waals surface area contributed by atoms with Crippen LogP contribution in [0.3, 0.4) is 0 Å². The highest BCUT2D eigenvalue weighted by Gasteiger charge is 2.16. The second-order valence-corrected chi connectivity index (χ2v) is 6.12. The van der Waals surface area contributed by atoms with Gasteiger partial charge >= 0.3 is 0 Å². The lowest BCUT2D eigenvalue weighted by atomic mass is 9.93. The smallest absolute Gasteiger partial charge is 0.224 e. The first-order chi connectivity index (χ1) is 9.58. The molecule has 1 saturated heterocycles. The van der Waals surface area contributed by atoms with Crippen LogP contribution in [-0.4, -0.2) is 19.0 Å². The minimum Gasteiger partial charge on any atom is -0.324 e. The molecule has 2 N–H and O–H groups in total. The Balaban J connectivity index is 1.89. The first-order valence-corrected chi connectivity index (χ1v) is 7.78. The zero-order valence-electron chi connectivity index (χ0n) is 11.6. The first-order valence-electron chi connectivity index (χ1n) is 7.03. The predicted molar refractivity (Wildman–Crippen MR) is 84.7 cm³/mol. The van der Waals surface area contributed by atoms with E-state index in [9.17, 15) is 4.79 Å². The fraction of sp³-hybridized carbons (Fsp3) is 0.533. The maximum Gasteiger partial charge on any atom is 0.224 e. The lowest BCUT2D eigenvalue weighted by Crippen LogP contribution is -2.28. The number of amides is 1. The van der Waals surface area contributed by atoms with Gasteiger partial charge in [-0.1, -0.05) is 29.3 Å². The summed E-state index contributed by atoms with van der Waals surface area (Å²) in [6.07, 6.45) is 3.75. The molecule has 20 heavy (non-hydrogen) atoms. The Morgan fingerprint density at radius 1 is 1.35 bits per heavy atom. The van der Waals surface area contributed by atoms with Gasteiger partial charge in [-0.25, -0.2) is 0 Å². The van der Waals surface area contributed by atoms with Crippen LogP contribution in [-0.2, 0) is 4.79 Å². The highest BCUT2D eigenvalue weighted by molar-refractivity contribution is 6.40. The zero-order valence-corrected chi connectivity index (χ0v) is 13.2. The van der Waals surface area contributed by atoms with Crippen LogP contribution in [0.4, 0.5) is 5.69 Å². The molecule has 1 heterocycles. The standard InChI is InChI=1S/C15H20Cl2N2O/c1-10-2-4-12(16)15(14(10)17)19-13(20)5-3-11-6-8-18-9-7-11/h2,4,11,18H,3,5-9H2,1H3,(H,19,20). The number of piperidine rings is 1. The normalized spacial score (nSPS) is 16.1. The van der Waals surface area contributed by atoms with Crippen molar-refractivity contribution in [2.45, 2.75) is 32.6 Å². The number of anilines is 1. The number of carbonyl (C=O) groups excluding carboxylic acids is 1. The summed E-state index contributed by atoms with van der Waals surface area (Å²) in [5, 5.41) is 7.17. The van der Waals surface area contributed by atoms with Gasteiger partial charge < -0.3 is 10.6 Å². The summed E-state index contributed by atoms with van der Waals surface area (Å²) in [7, 11) is 0. The van der Waals surface area contributed by atoms with Crippen molar-refractivity contribution < 1.29 is 4.79 Å². The van der Waals surface area contributed by atoms with Gasteiger partial charge in [0, 0.05) is 6.42 Å². The number of hydrogen-bond acceptors (Lipinski definition) is 2. The van der Waals surface area contributed by atoms with Gasteiger partial charge in [-0.3, -0.25) is 4.79 Å². The van der Waals surface area contributed by atoms with Crippen LogP contribution in [0, 0.1) is 12.8 Å². The van der Waals surface area contributed by atoms with Crippen molar-refractivity contribution in [3.05, 3.63) is 27.7 Å². The van der Waals surface area contributed by atoms with Crippen molar-refractivity contribution in [1.29, 1.82) is 0 Å². The number of aryl methyl sites for hydroxylation is 1. The van der Waals surface area contributed by atoms with Gasteiger partial charge in [-0.2, -0.15) is 0 Å². The number of halogens is 2. The van der Waals surface area contributed by atoms with Crippen LogP contribution in [0.5, 0.6) is 0 Å². The third-order valence-electron chi connectivity index (χ3n) is 3.79. The van der Waals surface area contributed by atoms with E-state index in [2.05, 4.69) is 10.6 Å². The molecule has 0 saturated carbocycles. The first kappa shape index (κ1) is 15.6. The van der Waals surface area contributed by atoms with Gasteiger partial charge in [0.15, 0.2) is 0 Å². The lowest BCUT2D eigenvalue weighted by Gasteiger charge is -2.22. The number of carbonyl (C=O) groups is 1. The Morgan fingerprint density at radius 2 is 2.05 bits per heavy atom. The Morgan fingerprint density at radius 3 is 2.75 bits per heavy atom. The summed E-state index contributed by atoms with van der Waals surface area (Å²) in [5.41, 5.74) is 1.44. The van der Waals surface area contributed by atoms with Crippen LogP contribution in [0.25, 0.3) is 0 Å². The minimum absolute atomic E-state index is 0.0158. The summed E-state index contributed by atoms with van der Waals surface area (Å²) in [5.74, 6) is 0.628. The quantitative estimate of drug-likeness (QED) is 0.881. The van der Waals surface area contributed by atoms with Gasteiger partial charge in [-0.15, -0.1) is 0 Å². The molecule has 1 fully saturated rings. The van der Waals surface area contributed by atoms with Crippen molar-refractivity contribution >= 4 is 34.8 Å². The molecule has 2 rings (SSSR count). The molecular weight excluding hydrogens is 295 g/mol. The van der Waals surface area contributed by atoms with E-state index in [1.165, 1.54) is 0 Å². The van der Waals surface area contributed by atoms with Gasteiger partial charge in [0.2, 0.25) is 5.91 Å². The SMILES string of the molecule is Cc1ccc(Cl)c(NC(=O)CCC2CCNCC2)c1Cl. The van der Waals surface area contributed by atoms with E-state index in [4.69, 9.17) is 23.2 Å². The number of rotatable bonds is 4. The van der Waals surface area contributed by atoms with E-state index in [-0.39, 0.29) is 5.91 Å². The second-order valence-electron chi connectivity index (χ2n) is 5.33. The zero-order chi connectivity index (χ0) is 14.5. The van der Waals surface area contributed by atoms with Crippen LogP contribution in [0.2, 0.25) is 10.0 Å². The van der Waals surface area contributed by atoms with Crippen LogP contribution in [0.1, 0.15) is 31.2 Å². The van der Waals surface area contributed by atoms with Gasteiger partial charge in [0.05, 0.1) is 15.7 Å². The number of nitrogens with one attached hydrogen (secondary N) is 2. The van der Waals surface area contributed by atoms with Crippen molar-refractivity contribution in [3.8, 4) is 0 Å². The number of benzene rings is 1. The summed E-state index contributed by atoms with van der Waals surface area (Å²) < 4.78 is 0. The molecule has 1 aromatic rings. The molecule has 0 radical (unpaired) electrons. The van der Waals surface area contributed by atoms with Gasteiger partial charge in [-0.05, 0) is 56.8 Å². The number of hydrogen-bond donors (Lipinski definition) is 2. The molecule has 0 atom stereocenters. The Hall–Kier alpha value is -0.770. The Kier molecular flexibility index (Phi) is 5.70. The molecule has 0 spiro atoms. The molecule has 0 aromatic heterocycles. The second kappa shape index (κ2) is 7.30. The van der Waals surface area contributed by atoms with Crippen LogP contribution >= 0.6 is 23.2 Å². The molecule has 110 valence electrons. The van der Waals surface area contributed by atoms with E-state index in [0.717, 1.165) is 37.9 Å². The largest absolute Gasteiger partial charge is 0.324 e. The summed E-state index contributed by atoms with van der Waals surface area (Å²) in [4.78, 5) is 12.0. The topological polar surface area (TPSA) is 41.1 Å². The molecule has 3 nitrogen and oxygen atoms in total. The monoisotopic (exact) mass is 314 g/mol. The van der Waals surface area contributed by atoms with E-state index in [0.29, 0.717) is 28.1 Å².